The lowest BCUT2D eigenvalue weighted by Gasteiger charge is -2.50. The molecule has 114 valence electrons. The third-order valence-electron chi connectivity index (χ3n) is 4.81. The zero-order valence-corrected chi connectivity index (χ0v) is 13.5. The van der Waals surface area contributed by atoms with Crippen LogP contribution in [0.25, 0.3) is 0 Å². The summed E-state index contributed by atoms with van der Waals surface area (Å²) in [6.45, 7) is 11.5. The first kappa shape index (κ1) is 16.9. The quantitative estimate of drug-likeness (QED) is 0.652. The van der Waals surface area contributed by atoms with Crippen LogP contribution in [0, 0.1) is 0 Å². The first-order chi connectivity index (χ1) is 9.22. The van der Waals surface area contributed by atoms with Gasteiger partial charge in [0.1, 0.15) is 0 Å². The molecule has 1 saturated heterocycles. The summed E-state index contributed by atoms with van der Waals surface area (Å²) in [4.78, 5) is 2.76. The van der Waals surface area contributed by atoms with Gasteiger partial charge < -0.3 is 10.1 Å². The van der Waals surface area contributed by atoms with Gasteiger partial charge in [-0.05, 0) is 38.6 Å². The second-order valence-corrected chi connectivity index (χ2v) is 5.94. The Morgan fingerprint density at radius 2 is 1.95 bits per heavy atom. The average Bonchev–Trinajstić information content (AvgIpc) is 2.45. The van der Waals surface area contributed by atoms with Crippen LogP contribution in [0.3, 0.4) is 0 Å². The van der Waals surface area contributed by atoms with Gasteiger partial charge in [0.2, 0.25) is 0 Å². The van der Waals surface area contributed by atoms with Gasteiger partial charge in [0.05, 0.1) is 0 Å². The van der Waals surface area contributed by atoms with E-state index in [0.29, 0.717) is 11.6 Å². The van der Waals surface area contributed by atoms with Crippen LogP contribution in [0.1, 0.15) is 59.3 Å². The van der Waals surface area contributed by atoms with Crippen LogP contribution in [-0.2, 0) is 4.74 Å². The smallest absolute Gasteiger partial charge is 0.0462 e. The number of ether oxygens (including phenoxy) is 1. The minimum atomic E-state index is 0.386. The molecule has 1 fully saturated rings. The molecular weight excluding hydrogens is 236 g/mol. The molecule has 0 radical (unpaired) electrons. The first-order valence-electron chi connectivity index (χ1n) is 8.19. The van der Waals surface area contributed by atoms with E-state index < -0.39 is 0 Å². The van der Waals surface area contributed by atoms with Crippen LogP contribution in [0.2, 0.25) is 0 Å². The zero-order chi connectivity index (χ0) is 14.1. The molecule has 0 aromatic heterocycles. The van der Waals surface area contributed by atoms with Crippen molar-refractivity contribution >= 4 is 0 Å². The maximum absolute atomic E-state index is 5.16. The SMILES string of the molecule is CCCC1CN(CCCCOC)C(CC)(CC)CN1. The minimum Gasteiger partial charge on any atom is -0.385 e. The highest BCUT2D eigenvalue weighted by Crippen LogP contribution is 2.28. The largest absolute Gasteiger partial charge is 0.385 e. The molecule has 3 heteroatoms. The number of nitrogens with one attached hydrogen (secondary N) is 1. The van der Waals surface area contributed by atoms with Crippen LogP contribution >= 0.6 is 0 Å². The molecule has 0 aliphatic carbocycles. The van der Waals surface area contributed by atoms with E-state index in [1.54, 1.807) is 7.11 Å². The van der Waals surface area contributed by atoms with Gasteiger partial charge in [0.15, 0.2) is 0 Å². The Bertz CT molecular complexity index is 229. The van der Waals surface area contributed by atoms with Gasteiger partial charge in [-0.25, -0.2) is 0 Å². The van der Waals surface area contributed by atoms with Crippen molar-refractivity contribution < 1.29 is 4.74 Å². The second-order valence-electron chi connectivity index (χ2n) is 5.94. The lowest BCUT2D eigenvalue weighted by atomic mass is 9.86. The number of hydrogen-bond donors (Lipinski definition) is 1. The van der Waals surface area contributed by atoms with Crippen molar-refractivity contribution in [2.75, 3.05) is 33.4 Å². The molecule has 1 aliphatic heterocycles. The molecular formula is C16H34N2O. The summed E-state index contributed by atoms with van der Waals surface area (Å²) >= 11 is 0. The highest BCUT2D eigenvalue weighted by Gasteiger charge is 2.37. The molecule has 0 bridgehead atoms. The molecule has 0 aromatic rings. The maximum atomic E-state index is 5.16. The summed E-state index contributed by atoms with van der Waals surface area (Å²) in [5.74, 6) is 0. The van der Waals surface area contributed by atoms with Gasteiger partial charge in [-0.1, -0.05) is 27.2 Å². The van der Waals surface area contributed by atoms with Gasteiger partial charge >= 0.3 is 0 Å². The average molecular weight is 270 g/mol. The molecule has 1 atom stereocenters. The first-order valence-corrected chi connectivity index (χ1v) is 8.19. The molecule has 1 N–H and O–H groups in total. The molecule has 0 aromatic carbocycles. The summed E-state index contributed by atoms with van der Waals surface area (Å²) in [6, 6.07) is 0.693. The monoisotopic (exact) mass is 270 g/mol. The van der Waals surface area contributed by atoms with Gasteiger partial charge in [0, 0.05) is 38.4 Å². The van der Waals surface area contributed by atoms with Crippen LogP contribution in [-0.4, -0.2) is 49.8 Å². The van der Waals surface area contributed by atoms with Gasteiger partial charge in [-0.15, -0.1) is 0 Å². The van der Waals surface area contributed by atoms with Crippen LogP contribution < -0.4 is 5.32 Å². The molecule has 3 nitrogen and oxygen atoms in total. The summed E-state index contributed by atoms with van der Waals surface area (Å²) in [6.07, 6.45) is 7.52. The summed E-state index contributed by atoms with van der Waals surface area (Å²) in [5, 5.41) is 3.78. The predicted octanol–water partition coefficient (Wildman–Crippen LogP) is 3.05. The van der Waals surface area contributed by atoms with E-state index in [1.807, 2.05) is 0 Å². The van der Waals surface area contributed by atoms with Crippen molar-refractivity contribution in [3.8, 4) is 0 Å². The van der Waals surface area contributed by atoms with E-state index in [0.717, 1.165) is 13.2 Å². The third kappa shape index (κ3) is 4.73. The molecule has 1 unspecified atom stereocenters. The maximum Gasteiger partial charge on any atom is 0.0462 e. The fraction of sp³-hybridized carbons (Fsp3) is 1.00. The Labute approximate surface area is 120 Å². The molecule has 1 aliphatic rings. The number of hydrogen-bond acceptors (Lipinski definition) is 3. The van der Waals surface area contributed by atoms with Crippen LogP contribution in [0.5, 0.6) is 0 Å². The minimum absolute atomic E-state index is 0.386. The Kier molecular flexibility index (Phi) is 7.96. The molecule has 0 saturated carbocycles. The molecule has 0 spiro atoms. The number of methoxy groups -OCH3 is 1. The van der Waals surface area contributed by atoms with Crippen molar-refractivity contribution in [2.45, 2.75) is 70.9 Å². The van der Waals surface area contributed by atoms with Crippen molar-refractivity contribution in [2.24, 2.45) is 0 Å². The van der Waals surface area contributed by atoms with Gasteiger partial charge in [-0.3, -0.25) is 4.90 Å². The van der Waals surface area contributed by atoms with E-state index in [1.165, 1.54) is 51.6 Å². The van der Waals surface area contributed by atoms with Crippen molar-refractivity contribution in [1.82, 2.24) is 10.2 Å². The van der Waals surface area contributed by atoms with E-state index in [-0.39, 0.29) is 0 Å². The predicted molar refractivity (Wildman–Crippen MR) is 82.7 cm³/mol. The van der Waals surface area contributed by atoms with Crippen molar-refractivity contribution in [1.29, 1.82) is 0 Å². The van der Waals surface area contributed by atoms with Crippen LogP contribution in [0.15, 0.2) is 0 Å². The topological polar surface area (TPSA) is 24.5 Å². The number of unbranched alkanes of at least 4 members (excludes halogenated alkanes) is 1. The van der Waals surface area contributed by atoms with Gasteiger partial charge in [-0.2, -0.15) is 0 Å². The van der Waals surface area contributed by atoms with E-state index in [4.69, 9.17) is 4.74 Å². The Hall–Kier alpha value is -0.120. The summed E-state index contributed by atoms with van der Waals surface area (Å²) in [5.41, 5.74) is 0.386. The highest BCUT2D eigenvalue weighted by atomic mass is 16.5. The van der Waals surface area contributed by atoms with E-state index >= 15 is 0 Å². The molecule has 1 rings (SSSR count). The van der Waals surface area contributed by atoms with E-state index in [9.17, 15) is 0 Å². The normalized spacial score (nSPS) is 23.7. The fourth-order valence-electron chi connectivity index (χ4n) is 3.34. The number of nitrogens with zero attached hydrogens (tertiary/aromatic N) is 1. The summed E-state index contributed by atoms with van der Waals surface area (Å²) < 4.78 is 5.16. The highest BCUT2D eigenvalue weighted by molar-refractivity contribution is 4.97. The van der Waals surface area contributed by atoms with Crippen molar-refractivity contribution in [3.63, 3.8) is 0 Å². The summed E-state index contributed by atoms with van der Waals surface area (Å²) in [7, 11) is 1.80. The zero-order valence-electron chi connectivity index (χ0n) is 13.5. The third-order valence-corrected chi connectivity index (χ3v) is 4.81. The second kappa shape index (κ2) is 8.93. The van der Waals surface area contributed by atoms with Crippen LogP contribution in [0.4, 0.5) is 0 Å². The standard InChI is InChI=1S/C16H34N2O/c1-5-10-15-13-18(11-8-9-12-19-4)16(6-2,7-3)14-17-15/h15,17H,5-14H2,1-4H3. The van der Waals surface area contributed by atoms with Gasteiger partial charge in [0.25, 0.3) is 0 Å². The Morgan fingerprint density at radius 1 is 1.21 bits per heavy atom. The number of rotatable bonds is 9. The fourth-order valence-corrected chi connectivity index (χ4v) is 3.34. The Morgan fingerprint density at radius 3 is 2.53 bits per heavy atom. The molecule has 0 amide bonds. The van der Waals surface area contributed by atoms with Crippen molar-refractivity contribution in [3.05, 3.63) is 0 Å². The molecule has 19 heavy (non-hydrogen) atoms. The number of piperazine rings is 1. The van der Waals surface area contributed by atoms with E-state index in [2.05, 4.69) is 31.0 Å². The lowest BCUT2D eigenvalue weighted by molar-refractivity contribution is 0.0270. The lowest BCUT2D eigenvalue weighted by Crippen LogP contribution is -2.64. The molecule has 1 heterocycles. The Balaban J connectivity index is 2.54.